The van der Waals surface area contributed by atoms with Crippen molar-refractivity contribution in [2.24, 2.45) is 0 Å². The summed E-state index contributed by atoms with van der Waals surface area (Å²) in [6.07, 6.45) is 8.28. The number of rotatable bonds is 4. The number of piperidine rings is 1. The molecule has 0 saturated carbocycles. The van der Waals surface area contributed by atoms with Crippen LogP contribution >= 0.6 is 11.6 Å². The third-order valence-electron chi connectivity index (χ3n) is 4.30. The Morgan fingerprint density at radius 2 is 2.08 bits per heavy atom. The Morgan fingerprint density at radius 1 is 1.33 bits per heavy atom. The van der Waals surface area contributed by atoms with E-state index in [1.165, 1.54) is 24.1 Å². The summed E-state index contributed by atoms with van der Waals surface area (Å²) in [6, 6.07) is 5.53. The van der Waals surface area contributed by atoms with Crippen LogP contribution in [0.25, 0.3) is 0 Å². The van der Waals surface area contributed by atoms with Gasteiger partial charge in [0, 0.05) is 43.9 Å². The first kappa shape index (κ1) is 17.3. The zero-order valence-corrected chi connectivity index (χ0v) is 15.1. The number of halogens is 1. The van der Waals surface area contributed by atoms with Gasteiger partial charge in [-0.05, 0) is 43.1 Å². The van der Waals surface area contributed by atoms with Gasteiger partial charge in [-0.25, -0.2) is 8.42 Å². The van der Waals surface area contributed by atoms with E-state index in [4.69, 9.17) is 11.6 Å². The number of hydrogen-bond donors (Lipinski definition) is 0. The third-order valence-corrected chi connectivity index (χ3v) is 5.63. The molecule has 24 heavy (non-hydrogen) atoms. The summed E-state index contributed by atoms with van der Waals surface area (Å²) in [4.78, 5) is 11.0. The van der Waals surface area contributed by atoms with Crippen LogP contribution in [0.5, 0.6) is 0 Å². The van der Waals surface area contributed by atoms with E-state index in [-0.39, 0.29) is 10.8 Å². The van der Waals surface area contributed by atoms with Gasteiger partial charge in [-0.15, -0.1) is 0 Å². The minimum Gasteiger partial charge on any atom is -0.298 e. The highest BCUT2D eigenvalue weighted by Crippen LogP contribution is 2.31. The number of nitrogens with zero attached hydrogens (tertiary/aromatic N) is 3. The van der Waals surface area contributed by atoms with Crippen molar-refractivity contribution in [2.45, 2.75) is 30.2 Å². The summed E-state index contributed by atoms with van der Waals surface area (Å²) in [5.41, 5.74) is 1.85. The van der Waals surface area contributed by atoms with Gasteiger partial charge in [-0.3, -0.25) is 14.9 Å². The normalized spacial score (nSPS) is 19.3. The van der Waals surface area contributed by atoms with Crippen molar-refractivity contribution in [3.8, 4) is 0 Å². The summed E-state index contributed by atoms with van der Waals surface area (Å²) in [7, 11) is -3.36. The second-order valence-electron chi connectivity index (χ2n) is 6.24. The quantitative estimate of drug-likeness (QED) is 0.833. The fourth-order valence-corrected chi connectivity index (χ4v) is 4.37. The van der Waals surface area contributed by atoms with Crippen molar-refractivity contribution < 1.29 is 8.42 Å². The molecule has 128 valence electrons. The fraction of sp³-hybridized carbons (Fsp3) is 0.412. The monoisotopic (exact) mass is 365 g/mol. The van der Waals surface area contributed by atoms with Gasteiger partial charge in [0.15, 0.2) is 9.84 Å². The Morgan fingerprint density at radius 3 is 2.79 bits per heavy atom. The maximum Gasteiger partial charge on any atom is 0.177 e. The Kier molecular flexibility index (Phi) is 5.18. The first-order valence-electron chi connectivity index (χ1n) is 7.90. The third kappa shape index (κ3) is 4.12. The van der Waals surface area contributed by atoms with E-state index in [2.05, 4.69) is 14.9 Å². The standard InChI is InChI=1S/C17H20ClN3O2S/c1-24(22,23)16-9-15(18)10-20-17(16)14-3-2-8-21(12-14)11-13-4-6-19-7-5-13/h4-7,9-10,14H,2-3,8,11-12H2,1H3/t14-/m0/s1. The SMILES string of the molecule is CS(=O)(=O)c1cc(Cl)cnc1[C@H]1CCCN(Cc2ccncc2)C1. The molecular weight excluding hydrogens is 346 g/mol. The molecule has 1 aliphatic rings. The lowest BCUT2D eigenvalue weighted by Crippen LogP contribution is -2.34. The molecule has 0 radical (unpaired) electrons. The highest BCUT2D eigenvalue weighted by molar-refractivity contribution is 7.90. The second kappa shape index (κ2) is 7.17. The summed E-state index contributed by atoms with van der Waals surface area (Å²) in [5, 5.41) is 0.351. The zero-order chi connectivity index (χ0) is 17.2. The molecule has 0 N–H and O–H groups in total. The smallest absolute Gasteiger partial charge is 0.177 e. The minimum atomic E-state index is -3.36. The Hall–Kier alpha value is -1.50. The van der Waals surface area contributed by atoms with E-state index in [1.54, 1.807) is 12.4 Å². The second-order valence-corrected chi connectivity index (χ2v) is 8.66. The highest BCUT2D eigenvalue weighted by atomic mass is 35.5. The molecule has 3 heterocycles. The average Bonchev–Trinajstić information content (AvgIpc) is 2.55. The van der Waals surface area contributed by atoms with E-state index >= 15 is 0 Å². The number of aromatic nitrogens is 2. The van der Waals surface area contributed by atoms with Gasteiger partial charge in [0.1, 0.15) is 0 Å². The van der Waals surface area contributed by atoms with Crippen molar-refractivity contribution >= 4 is 21.4 Å². The Labute approximate surface area is 147 Å². The van der Waals surface area contributed by atoms with Crippen LogP contribution in [0.4, 0.5) is 0 Å². The first-order valence-corrected chi connectivity index (χ1v) is 10.2. The minimum absolute atomic E-state index is 0.0996. The number of pyridine rings is 2. The molecule has 7 heteroatoms. The van der Waals surface area contributed by atoms with E-state index < -0.39 is 9.84 Å². The van der Waals surface area contributed by atoms with Crippen LogP contribution < -0.4 is 0 Å². The van der Waals surface area contributed by atoms with Crippen LogP contribution in [0, 0.1) is 0 Å². The van der Waals surface area contributed by atoms with Crippen molar-refractivity contribution in [3.05, 3.63) is 53.1 Å². The predicted octanol–water partition coefficient (Wildman–Crippen LogP) is 2.91. The zero-order valence-electron chi connectivity index (χ0n) is 13.5. The molecule has 0 spiro atoms. The maximum atomic E-state index is 12.1. The van der Waals surface area contributed by atoms with Crippen LogP contribution in [0.3, 0.4) is 0 Å². The summed E-state index contributed by atoms with van der Waals surface area (Å²) < 4.78 is 24.2. The van der Waals surface area contributed by atoms with Crippen LogP contribution in [0.1, 0.15) is 30.0 Å². The molecule has 2 aromatic rings. The maximum absolute atomic E-state index is 12.1. The van der Waals surface area contributed by atoms with Gasteiger partial charge in [0.05, 0.1) is 15.6 Å². The van der Waals surface area contributed by atoms with Gasteiger partial charge in [-0.2, -0.15) is 0 Å². The van der Waals surface area contributed by atoms with Gasteiger partial charge in [0.2, 0.25) is 0 Å². The number of likely N-dealkylation sites (tertiary alicyclic amines) is 1. The molecule has 0 unspecified atom stereocenters. The molecule has 1 atom stereocenters. The molecule has 5 nitrogen and oxygen atoms in total. The number of sulfone groups is 1. The summed E-state index contributed by atoms with van der Waals surface area (Å²) in [6.45, 7) is 2.63. The number of hydrogen-bond acceptors (Lipinski definition) is 5. The van der Waals surface area contributed by atoms with E-state index in [0.717, 1.165) is 32.5 Å². The molecule has 0 amide bonds. The van der Waals surface area contributed by atoms with Crippen molar-refractivity contribution in [1.82, 2.24) is 14.9 Å². The van der Waals surface area contributed by atoms with Gasteiger partial charge < -0.3 is 0 Å². The van der Waals surface area contributed by atoms with E-state index in [0.29, 0.717) is 10.7 Å². The lowest BCUT2D eigenvalue weighted by molar-refractivity contribution is 0.197. The summed E-state index contributed by atoms with van der Waals surface area (Å²) in [5.74, 6) is 0.0996. The molecular formula is C17H20ClN3O2S. The molecule has 0 aliphatic carbocycles. The first-order chi connectivity index (χ1) is 11.4. The Bertz CT molecular complexity index is 812. The lowest BCUT2D eigenvalue weighted by Gasteiger charge is -2.33. The topological polar surface area (TPSA) is 63.2 Å². The molecule has 1 aliphatic heterocycles. The van der Waals surface area contributed by atoms with Gasteiger partial charge in [-0.1, -0.05) is 11.6 Å². The van der Waals surface area contributed by atoms with Gasteiger partial charge >= 0.3 is 0 Å². The van der Waals surface area contributed by atoms with Crippen molar-refractivity contribution in [1.29, 1.82) is 0 Å². The highest BCUT2D eigenvalue weighted by Gasteiger charge is 2.27. The summed E-state index contributed by atoms with van der Waals surface area (Å²) >= 11 is 5.95. The predicted molar refractivity (Wildman–Crippen MR) is 93.8 cm³/mol. The Balaban J connectivity index is 1.83. The molecule has 3 rings (SSSR count). The van der Waals surface area contributed by atoms with E-state index in [9.17, 15) is 8.42 Å². The lowest BCUT2D eigenvalue weighted by atomic mass is 9.94. The average molecular weight is 366 g/mol. The largest absolute Gasteiger partial charge is 0.298 e. The van der Waals surface area contributed by atoms with Crippen molar-refractivity contribution in [2.75, 3.05) is 19.3 Å². The molecule has 1 saturated heterocycles. The molecule has 0 bridgehead atoms. The molecule has 0 aromatic carbocycles. The fourth-order valence-electron chi connectivity index (χ4n) is 3.20. The van der Waals surface area contributed by atoms with Crippen LogP contribution in [0.15, 0.2) is 41.7 Å². The van der Waals surface area contributed by atoms with Crippen molar-refractivity contribution in [3.63, 3.8) is 0 Å². The molecule has 2 aromatic heterocycles. The van der Waals surface area contributed by atoms with Crippen LogP contribution in [-0.2, 0) is 16.4 Å². The van der Waals surface area contributed by atoms with Crippen LogP contribution in [0.2, 0.25) is 5.02 Å². The van der Waals surface area contributed by atoms with Crippen LogP contribution in [-0.4, -0.2) is 42.6 Å². The van der Waals surface area contributed by atoms with E-state index in [1.807, 2.05) is 12.1 Å². The van der Waals surface area contributed by atoms with Gasteiger partial charge in [0.25, 0.3) is 0 Å². The molecule has 1 fully saturated rings.